The fraction of sp³-hybridized carbons (Fsp3) is 0.348. The van der Waals surface area contributed by atoms with E-state index in [1.54, 1.807) is 19.1 Å². The van der Waals surface area contributed by atoms with Crippen molar-refractivity contribution in [2.75, 3.05) is 11.6 Å². The molecule has 0 fully saturated rings. The van der Waals surface area contributed by atoms with Gasteiger partial charge in [0.25, 0.3) is 0 Å². The summed E-state index contributed by atoms with van der Waals surface area (Å²) in [7, 11) is 0. The summed E-state index contributed by atoms with van der Waals surface area (Å²) in [5, 5.41) is 11.3. The van der Waals surface area contributed by atoms with Crippen molar-refractivity contribution >= 4 is 17.7 Å². The molecule has 0 aliphatic carbocycles. The van der Waals surface area contributed by atoms with Crippen molar-refractivity contribution in [1.82, 2.24) is 20.2 Å². The van der Waals surface area contributed by atoms with Crippen molar-refractivity contribution in [3.63, 3.8) is 0 Å². The van der Waals surface area contributed by atoms with Gasteiger partial charge in [-0.15, -0.1) is 10.2 Å². The molecule has 0 saturated heterocycles. The van der Waals surface area contributed by atoms with Crippen molar-refractivity contribution in [2.45, 2.75) is 51.9 Å². The van der Waals surface area contributed by atoms with Crippen LogP contribution in [0.4, 0.5) is 4.39 Å². The topological polar surface area (TPSA) is 95.1 Å². The summed E-state index contributed by atoms with van der Waals surface area (Å²) in [6.45, 7) is 8.34. The molecule has 3 rings (SSSR count). The highest BCUT2D eigenvalue weighted by atomic mass is 32.2. The number of nitrogen functional groups attached to an aromatic ring is 1. The van der Waals surface area contributed by atoms with Gasteiger partial charge in [-0.2, -0.15) is 0 Å². The fourth-order valence-electron chi connectivity index (χ4n) is 3.02. The van der Waals surface area contributed by atoms with Crippen LogP contribution < -0.4 is 15.9 Å². The number of ether oxygens (including phenoxy) is 1. The number of rotatable bonds is 9. The van der Waals surface area contributed by atoms with Crippen LogP contribution in [-0.4, -0.2) is 26.5 Å². The van der Waals surface area contributed by atoms with E-state index in [4.69, 9.17) is 10.6 Å². The van der Waals surface area contributed by atoms with Gasteiger partial charge in [0, 0.05) is 6.54 Å². The zero-order valence-electron chi connectivity index (χ0n) is 18.7. The van der Waals surface area contributed by atoms with Gasteiger partial charge in [0.15, 0.2) is 5.82 Å². The van der Waals surface area contributed by atoms with Gasteiger partial charge < -0.3 is 15.9 Å². The first-order valence-electron chi connectivity index (χ1n) is 10.3. The number of carbonyl (C=O) groups is 1. The lowest BCUT2D eigenvalue weighted by atomic mass is 10.0. The molecule has 0 atom stereocenters. The van der Waals surface area contributed by atoms with E-state index in [2.05, 4.69) is 41.5 Å². The monoisotopic (exact) mass is 457 g/mol. The standard InChI is InChI=1S/C23H28FN5O2S/c1-14(2)18-8-5-15(3)9-20(18)31-12-21-27-28-23(29(21)25)32-13-22(30)26-11-17-7-6-16(4)19(24)10-17/h5-10,14H,11-13,25H2,1-4H3,(H,26,30). The van der Waals surface area contributed by atoms with Gasteiger partial charge in [0.1, 0.15) is 18.2 Å². The number of halogens is 1. The van der Waals surface area contributed by atoms with Gasteiger partial charge in [-0.25, -0.2) is 9.07 Å². The summed E-state index contributed by atoms with van der Waals surface area (Å²) in [6, 6.07) is 11.0. The first-order chi connectivity index (χ1) is 15.2. The van der Waals surface area contributed by atoms with Crippen LogP contribution in [0.5, 0.6) is 5.75 Å². The van der Waals surface area contributed by atoms with Crippen LogP contribution in [0, 0.1) is 19.7 Å². The Morgan fingerprint density at radius 2 is 2.00 bits per heavy atom. The summed E-state index contributed by atoms with van der Waals surface area (Å²) in [5.41, 5.74) is 3.48. The highest BCUT2D eigenvalue weighted by Crippen LogP contribution is 2.28. The Labute approximate surface area is 191 Å². The SMILES string of the molecule is Cc1ccc(C(C)C)c(OCc2nnc(SCC(=O)NCc3ccc(C)c(F)c3)n2N)c1. The zero-order valence-corrected chi connectivity index (χ0v) is 19.5. The number of nitrogens with zero attached hydrogens (tertiary/aromatic N) is 3. The third-order valence-corrected chi connectivity index (χ3v) is 5.88. The van der Waals surface area contributed by atoms with E-state index in [1.165, 1.54) is 22.5 Å². The van der Waals surface area contributed by atoms with E-state index in [-0.39, 0.29) is 30.6 Å². The Balaban J connectivity index is 1.53. The molecule has 170 valence electrons. The molecule has 9 heteroatoms. The predicted molar refractivity (Wildman–Crippen MR) is 123 cm³/mol. The molecule has 0 unspecified atom stereocenters. The number of carbonyl (C=O) groups excluding carboxylic acids is 1. The molecule has 3 N–H and O–H groups in total. The maximum Gasteiger partial charge on any atom is 0.230 e. The molecule has 3 aromatic rings. The van der Waals surface area contributed by atoms with Gasteiger partial charge in [-0.05, 0) is 54.2 Å². The Bertz CT molecular complexity index is 1100. The molecule has 1 heterocycles. The average molecular weight is 458 g/mol. The van der Waals surface area contributed by atoms with Crippen molar-refractivity contribution < 1.29 is 13.9 Å². The average Bonchev–Trinajstić information content (AvgIpc) is 3.10. The number of aromatic nitrogens is 3. The van der Waals surface area contributed by atoms with Crippen molar-refractivity contribution in [3.8, 4) is 5.75 Å². The number of amides is 1. The van der Waals surface area contributed by atoms with E-state index in [0.29, 0.717) is 28.0 Å². The molecule has 0 aliphatic heterocycles. The van der Waals surface area contributed by atoms with Gasteiger partial charge in [0.2, 0.25) is 11.1 Å². The second kappa shape index (κ2) is 10.5. The van der Waals surface area contributed by atoms with Crippen LogP contribution in [0.3, 0.4) is 0 Å². The largest absolute Gasteiger partial charge is 0.485 e. The normalized spacial score (nSPS) is 11.1. The highest BCUT2D eigenvalue weighted by molar-refractivity contribution is 7.99. The third-order valence-electron chi connectivity index (χ3n) is 4.94. The molecule has 2 aromatic carbocycles. The number of thioether (sulfide) groups is 1. The molecule has 0 bridgehead atoms. The molecule has 0 radical (unpaired) electrons. The van der Waals surface area contributed by atoms with Crippen LogP contribution >= 0.6 is 11.8 Å². The van der Waals surface area contributed by atoms with E-state index >= 15 is 0 Å². The Morgan fingerprint density at radius 3 is 2.72 bits per heavy atom. The van der Waals surface area contributed by atoms with E-state index < -0.39 is 0 Å². The predicted octanol–water partition coefficient (Wildman–Crippen LogP) is 3.86. The second-order valence-corrected chi connectivity index (χ2v) is 8.84. The van der Waals surface area contributed by atoms with Crippen molar-refractivity contribution in [2.24, 2.45) is 0 Å². The van der Waals surface area contributed by atoms with Gasteiger partial charge in [-0.3, -0.25) is 4.79 Å². The lowest BCUT2D eigenvalue weighted by Crippen LogP contribution is -2.25. The van der Waals surface area contributed by atoms with Gasteiger partial charge >= 0.3 is 0 Å². The quantitative estimate of drug-likeness (QED) is 0.374. The van der Waals surface area contributed by atoms with Crippen LogP contribution in [0.25, 0.3) is 0 Å². The molecule has 0 spiro atoms. The number of nitrogens with two attached hydrogens (primary N) is 1. The summed E-state index contributed by atoms with van der Waals surface area (Å²) in [6.07, 6.45) is 0. The number of benzene rings is 2. The first kappa shape index (κ1) is 23.6. The van der Waals surface area contributed by atoms with Crippen LogP contribution in [0.1, 0.15) is 47.8 Å². The minimum absolute atomic E-state index is 0.111. The third kappa shape index (κ3) is 6.00. The van der Waals surface area contributed by atoms with Crippen LogP contribution in [0.15, 0.2) is 41.6 Å². The molecular formula is C23H28FN5O2S. The minimum atomic E-state index is -0.289. The molecule has 0 saturated carbocycles. The maximum absolute atomic E-state index is 13.6. The molecule has 1 aromatic heterocycles. The smallest absolute Gasteiger partial charge is 0.230 e. The molecule has 1 amide bonds. The number of aryl methyl sites for hydroxylation is 2. The first-order valence-corrected chi connectivity index (χ1v) is 11.3. The molecule has 32 heavy (non-hydrogen) atoms. The highest BCUT2D eigenvalue weighted by Gasteiger charge is 2.15. The summed E-state index contributed by atoms with van der Waals surface area (Å²) >= 11 is 1.17. The maximum atomic E-state index is 13.6. The van der Waals surface area contributed by atoms with E-state index in [0.717, 1.165) is 16.9 Å². The number of hydrogen-bond donors (Lipinski definition) is 2. The molecule has 0 aliphatic rings. The van der Waals surface area contributed by atoms with Gasteiger partial charge in [0.05, 0.1) is 5.75 Å². The van der Waals surface area contributed by atoms with Gasteiger partial charge in [-0.1, -0.05) is 49.9 Å². The summed E-state index contributed by atoms with van der Waals surface area (Å²) in [4.78, 5) is 12.2. The lowest BCUT2D eigenvalue weighted by Gasteiger charge is -2.14. The summed E-state index contributed by atoms with van der Waals surface area (Å²) < 4.78 is 20.9. The van der Waals surface area contributed by atoms with E-state index in [9.17, 15) is 9.18 Å². The van der Waals surface area contributed by atoms with Crippen LogP contribution in [0.2, 0.25) is 0 Å². The van der Waals surface area contributed by atoms with Crippen molar-refractivity contribution in [1.29, 1.82) is 0 Å². The number of hydrogen-bond acceptors (Lipinski definition) is 6. The summed E-state index contributed by atoms with van der Waals surface area (Å²) in [5.74, 6) is 7.28. The lowest BCUT2D eigenvalue weighted by molar-refractivity contribution is -0.118. The second-order valence-electron chi connectivity index (χ2n) is 7.90. The Hall–Kier alpha value is -3.07. The molecule has 7 nitrogen and oxygen atoms in total. The van der Waals surface area contributed by atoms with E-state index in [1.807, 2.05) is 13.0 Å². The van der Waals surface area contributed by atoms with Crippen molar-refractivity contribution in [3.05, 3.63) is 70.3 Å². The fourth-order valence-corrected chi connectivity index (χ4v) is 3.72. The number of nitrogens with one attached hydrogen (secondary N) is 1. The molecular weight excluding hydrogens is 429 g/mol. The van der Waals surface area contributed by atoms with Crippen LogP contribution in [-0.2, 0) is 17.9 Å². The minimum Gasteiger partial charge on any atom is -0.485 e. The zero-order chi connectivity index (χ0) is 23.3. The Morgan fingerprint density at radius 1 is 1.22 bits per heavy atom. The Kier molecular flexibility index (Phi) is 7.74.